The summed E-state index contributed by atoms with van der Waals surface area (Å²) < 4.78 is 0. The van der Waals surface area contributed by atoms with E-state index >= 15 is 0 Å². The van der Waals surface area contributed by atoms with Gasteiger partial charge in [-0.3, -0.25) is 9.69 Å². The number of para-hydroxylation sites is 1. The molecule has 1 aliphatic carbocycles. The fourth-order valence-electron chi connectivity index (χ4n) is 2.87. The van der Waals surface area contributed by atoms with E-state index in [1.165, 1.54) is 25.7 Å². The molecule has 0 aliphatic heterocycles. The number of hydrogen-bond acceptors (Lipinski definition) is 3. The standard InChI is InChI=1S/C16H25N3O/c1-12(19(2)14-8-4-5-9-14)16(20)18-15-10-6-3-7-13(15)11-17/h3,6-7,10,12,14H,4-5,8-9,11,17H2,1-2H3,(H,18,20). The minimum Gasteiger partial charge on any atom is -0.326 e. The smallest absolute Gasteiger partial charge is 0.241 e. The van der Waals surface area contributed by atoms with E-state index in [0.29, 0.717) is 12.6 Å². The van der Waals surface area contributed by atoms with E-state index in [2.05, 4.69) is 17.3 Å². The van der Waals surface area contributed by atoms with Crippen molar-refractivity contribution in [1.29, 1.82) is 0 Å². The van der Waals surface area contributed by atoms with Crippen molar-refractivity contribution in [2.75, 3.05) is 12.4 Å². The molecule has 1 aliphatic rings. The molecule has 1 saturated carbocycles. The van der Waals surface area contributed by atoms with Crippen LogP contribution in [0.1, 0.15) is 38.2 Å². The maximum absolute atomic E-state index is 12.4. The molecule has 3 N–H and O–H groups in total. The number of benzene rings is 1. The minimum atomic E-state index is -0.121. The molecular weight excluding hydrogens is 250 g/mol. The summed E-state index contributed by atoms with van der Waals surface area (Å²) in [7, 11) is 2.05. The van der Waals surface area contributed by atoms with Crippen LogP contribution in [0.5, 0.6) is 0 Å². The number of nitrogens with zero attached hydrogens (tertiary/aromatic N) is 1. The summed E-state index contributed by atoms with van der Waals surface area (Å²) >= 11 is 0. The number of likely N-dealkylation sites (N-methyl/N-ethyl adjacent to an activating group) is 1. The van der Waals surface area contributed by atoms with Crippen LogP contribution in [0.25, 0.3) is 0 Å². The van der Waals surface area contributed by atoms with E-state index < -0.39 is 0 Å². The Morgan fingerprint density at radius 3 is 2.70 bits per heavy atom. The summed E-state index contributed by atoms with van der Waals surface area (Å²) in [4.78, 5) is 14.6. The Morgan fingerprint density at radius 2 is 2.05 bits per heavy atom. The lowest BCUT2D eigenvalue weighted by Crippen LogP contribution is -2.44. The van der Waals surface area contributed by atoms with Crippen molar-refractivity contribution in [3.05, 3.63) is 29.8 Å². The number of hydrogen-bond donors (Lipinski definition) is 2. The van der Waals surface area contributed by atoms with Gasteiger partial charge in [-0.05, 0) is 38.4 Å². The van der Waals surface area contributed by atoms with Crippen LogP contribution in [-0.2, 0) is 11.3 Å². The van der Waals surface area contributed by atoms with Crippen molar-refractivity contribution >= 4 is 11.6 Å². The Balaban J connectivity index is 1.99. The Bertz CT molecular complexity index is 455. The number of carbonyl (C=O) groups excluding carboxylic acids is 1. The zero-order valence-electron chi connectivity index (χ0n) is 12.4. The molecule has 1 unspecified atom stereocenters. The van der Waals surface area contributed by atoms with E-state index in [0.717, 1.165) is 11.3 Å². The summed E-state index contributed by atoms with van der Waals surface area (Å²) in [5.41, 5.74) is 7.49. The van der Waals surface area contributed by atoms with Crippen LogP contribution in [0, 0.1) is 0 Å². The zero-order valence-corrected chi connectivity index (χ0v) is 12.4. The van der Waals surface area contributed by atoms with Gasteiger partial charge in [-0.15, -0.1) is 0 Å². The zero-order chi connectivity index (χ0) is 14.5. The fourth-order valence-corrected chi connectivity index (χ4v) is 2.87. The molecule has 1 aromatic rings. The summed E-state index contributed by atoms with van der Waals surface area (Å²) in [6.45, 7) is 2.40. The second-order valence-electron chi connectivity index (χ2n) is 5.63. The van der Waals surface area contributed by atoms with E-state index in [9.17, 15) is 4.79 Å². The topological polar surface area (TPSA) is 58.4 Å². The number of carbonyl (C=O) groups is 1. The Labute approximate surface area is 121 Å². The molecule has 20 heavy (non-hydrogen) atoms. The summed E-state index contributed by atoms with van der Waals surface area (Å²) in [6, 6.07) is 8.12. The molecule has 0 heterocycles. The van der Waals surface area contributed by atoms with Crippen molar-refractivity contribution in [1.82, 2.24) is 4.90 Å². The largest absolute Gasteiger partial charge is 0.326 e. The number of nitrogens with two attached hydrogens (primary N) is 1. The highest BCUT2D eigenvalue weighted by molar-refractivity contribution is 5.95. The second kappa shape index (κ2) is 6.86. The van der Waals surface area contributed by atoms with Gasteiger partial charge in [-0.25, -0.2) is 0 Å². The first kappa shape index (κ1) is 15.0. The quantitative estimate of drug-likeness (QED) is 0.867. The monoisotopic (exact) mass is 275 g/mol. The molecule has 0 spiro atoms. The maximum Gasteiger partial charge on any atom is 0.241 e. The normalized spacial score (nSPS) is 17.4. The van der Waals surface area contributed by atoms with Gasteiger partial charge in [-0.1, -0.05) is 31.0 Å². The van der Waals surface area contributed by atoms with Crippen LogP contribution < -0.4 is 11.1 Å². The molecular formula is C16H25N3O. The first-order valence-corrected chi connectivity index (χ1v) is 7.44. The SMILES string of the molecule is CC(C(=O)Nc1ccccc1CN)N(C)C1CCCC1. The third-order valence-corrected chi connectivity index (χ3v) is 4.39. The lowest BCUT2D eigenvalue weighted by atomic mass is 10.1. The van der Waals surface area contributed by atoms with Gasteiger partial charge < -0.3 is 11.1 Å². The Kier molecular flexibility index (Phi) is 5.15. The van der Waals surface area contributed by atoms with E-state index in [-0.39, 0.29) is 11.9 Å². The molecule has 1 fully saturated rings. The average Bonchev–Trinajstić information content (AvgIpc) is 3.00. The molecule has 1 aromatic carbocycles. The van der Waals surface area contributed by atoms with Crippen molar-refractivity contribution in [3.8, 4) is 0 Å². The number of rotatable bonds is 5. The Morgan fingerprint density at radius 1 is 1.40 bits per heavy atom. The number of amides is 1. The first-order valence-electron chi connectivity index (χ1n) is 7.44. The van der Waals surface area contributed by atoms with E-state index in [1.54, 1.807) is 0 Å². The van der Waals surface area contributed by atoms with Gasteiger partial charge in [0.15, 0.2) is 0 Å². The van der Waals surface area contributed by atoms with Crippen molar-refractivity contribution < 1.29 is 4.79 Å². The van der Waals surface area contributed by atoms with Gasteiger partial charge in [0.2, 0.25) is 5.91 Å². The van der Waals surface area contributed by atoms with Crippen LogP contribution in [0.3, 0.4) is 0 Å². The van der Waals surface area contributed by atoms with Crippen molar-refractivity contribution in [3.63, 3.8) is 0 Å². The first-order chi connectivity index (χ1) is 9.63. The maximum atomic E-state index is 12.4. The van der Waals surface area contributed by atoms with Crippen LogP contribution in [0.4, 0.5) is 5.69 Å². The summed E-state index contributed by atoms with van der Waals surface area (Å²) in [5, 5.41) is 3.00. The third-order valence-electron chi connectivity index (χ3n) is 4.39. The molecule has 0 saturated heterocycles. The van der Waals surface area contributed by atoms with Crippen LogP contribution in [0.15, 0.2) is 24.3 Å². The highest BCUT2D eigenvalue weighted by Crippen LogP contribution is 2.24. The molecule has 1 atom stereocenters. The molecule has 2 rings (SSSR count). The molecule has 0 aromatic heterocycles. The fraction of sp³-hybridized carbons (Fsp3) is 0.562. The van der Waals surface area contributed by atoms with E-state index in [1.807, 2.05) is 31.2 Å². The molecule has 0 radical (unpaired) electrons. The van der Waals surface area contributed by atoms with Crippen molar-refractivity contribution in [2.45, 2.75) is 51.2 Å². The van der Waals surface area contributed by atoms with Crippen LogP contribution in [-0.4, -0.2) is 29.9 Å². The van der Waals surface area contributed by atoms with Gasteiger partial charge in [0.1, 0.15) is 0 Å². The van der Waals surface area contributed by atoms with E-state index in [4.69, 9.17) is 5.73 Å². The lowest BCUT2D eigenvalue weighted by Gasteiger charge is -2.29. The summed E-state index contributed by atoms with van der Waals surface area (Å²) in [6.07, 6.45) is 4.96. The highest BCUT2D eigenvalue weighted by atomic mass is 16.2. The van der Waals surface area contributed by atoms with Gasteiger partial charge in [-0.2, -0.15) is 0 Å². The highest BCUT2D eigenvalue weighted by Gasteiger charge is 2.27. The molecule has 1 amide bonds. The van der Waals surface area contributed by atoms with Gasteiger partial charge >= 0.3 is 0 Å². The van der Waals surface area contributed by atoms with Crippen LogP contribution >= 0.6 is 0 Å². The molecule has 0 bridgehead atoms. The Hall–Kier alpha value is -1.39. The number of nitrogens with one attached hydrogen (secondary N) is 1. The second-order valence-corrected chi connectivity index (χ2v) is 5.63. The molecule has 4 nitrogen and oxygen atoms in total. The predicted molar refractivity (Wildman–Crippen MR) is 82.4 cm³/mol. The van der Waals surface area contributed by atoms with Gasteiger partial charge in [0.05, 0.1) is 6.04 Å². The predicted octanol–water partition coefficient (Wildman–Crippen LogP) is 2.35. The molecule has 4 heteroatoms. The van der Waals surface area contributed by atoms with Gasteiger partial charge in [0.25, 0.3) is 0 Å². The number of anilines is 1. The van der Waals surface area contributed by atoms with Crippen molar-refractivity contribution in [2.24, 2.45) is 5.73 Å². The average molecular weight is 275 g/mol. The lowest BCUT2D eigenvalue weighted by molar-refractivity contribution is -0.121. The van der Waals surface area contributed by atoms with Crippen LogP contribution in [0.2, 0.25) is 0 Å². The minimum absolute atomic E-state index is 0.0419. The molecule has 110 valence electrons. The third kappa shape index (κ3) is 3.38. The summed E-state index contributed by atoms with van der Waals surface area (Å²) in [5.74, 6) is 0.0419. The van der Waals surface area contributed by atoms with Gasteiger partial charge in [0, 0.05) is 18.3 Å².